The predicted octanol–water partition coefficient (Wildman–Crippen LogP) is 2.95. The zero-order valence-corrected chi connectivity index (χ0v) is 11.8. The van der Waals surface area contributed by atoms with E-state index in [1.807, 2.05) is 4.90 Å². The van der Waals surface area contributed by atoms with Gasteiger partial charge in [-0.25, -0.2) is 8.78 Å². The summed E-state index contributed by atoms with van der Waals surface area (Å²) in [7, 11) is 0. The number of benzene rings is 1. The van der Waals surface area contributed by atoms with E-state index in [2.05, 4.69) is 6.92 Å². The van der Waals surface area contributed by atoms with Gasteiger partial charge in [0.05, 0.1) is 4.92 Å². The van der Waals surface area contributed by atoms with Crippen molar-refractivity contribution in [2.24, 2.45) is 17.6 Å². The number of hydrogen-bond donors (Lipinski definition) is 1. The Morgan fingerprint density at radius 3 is 2.81 bits per heavy atom. The van der Waals surface area contributed by atoms with Crippen molar-refractivity contribution in [2.75, 3.05) is 24.5 Å². The van der Waals surface area contributed by atoms with Gasteiger partial charge in [-0.15, -0.1) is 0 Å². The molecule has 2 unspecified atom stereocenters. The lowest BCUT2D eigenvalue weighted by Crippen LogP contribution is -2.43. The molecule has 1 heterocycles. The SMILES string of the molecule is CC1CCN(c2ccc([N+](=O)[O-])cc2C(F)F)CC1CN. The van der Waals surface area contributed by atoms with Crippen LogP contribution in [-0.2, 0) is 0 Å². The number of piperidine rings is 1. The number of nitrogens with zero attached hydrogens (tertiary/aromatic N) is 2. The van der Waals surface area contributed by atoms with Gasteiger partial charge in [-0.1, -0.05) is 6.92 Å². The van der Waals surface area contributed by atoms with E-state index in [0.29, 0.717) is 31.2 Å². The lowest BCUT2D eigenvalue weighted by molar-refractivity contribution is -0.385. The number of alkyl halides is 2. The summed E-state index contributed by atoms with van der Waals surface area (Å²) in [6.45, 7) is 3.89. The van der Waals surface area contributed by atoms with Gasteiger partial charge in [0.25, 0.3) is 12.1 Å². The van der Waals surface area contributed by atoms with Crippen LogP contribution in [0.3, 0.4) is 0 Å². The molecular weight excluding hydrogens is 280 g/mol. The van der Waals surface area contributed by atoms with Crippen molar-refractivity contribution in [1.29, 1.82) is 0 Å². The normalized spacial score (nSPS) is 22.6. The second kappa shape index (κ2) is 6.34. The smallest absolute Gasteiger partial charge is 0.270 e. The summed E-state index contributed by atoms with van der Waals surface area (Å²) in [6.07, 6.45) is -1.86. The van der Waals surface area contributed by atoms with Gasteiger partial charge in [-0.3, -0.25) is 10.1 Å². The molecule has 0 amide bonds. The first kappa shape index (κ1) is 15.6. The summed E-state index contributed by atoms with van der Waals surface area (Å²) in [6, 6.07) is 3.66. The molecule has 0 bridgehead atoms. The molecule has 116 valence electrons. The Bertz CT molecular complexity index is 525. The molecule has 0 aromatic heterocycles. The number of anilines is 1. The van der Waals surface area contributed by atoms with E-state index in [1.165, 1.54) is 12.1 Å². The molecule has 2 atom stereocenters. The standard InChI is InChI=1S/C14H19F2N3O2/c1-9-4-5-18(8-10(9)7-17)13-3-2-11(19(20)21)6-12(13)14(15)16/h2-3,6,9-10,14H,4-5,7-8,17H2,1H3. The summed E-state index contributed by atoms with van der Waals surface area (Å²) < 4.78 is 26.4. The molecule has 0 saturated carbocycles. The van der Waals surface area contributed by atoms with E-state index < -0.39 is 11.3 Å². The maximum Gasteiger partial charge on any atom is 0.270 e. The molecule has 1 aromatic carbocycles. The van der Waals surface area contributed by atoms with Crippen LogP contribution in [0.25, 0.3) is 0 Å². The molecule has 21 heavy (non-hydrogen) atoms. The minimum atomic E-state index is -2.74. The van der Waals surface area contributed by atoms with Crippen LogP contribution in [0.15, 0.2) is 18.2 Å². The summed E-state index contributed by atoms with van der Waals surface area (Å²) >= 11 is 0. The Morgan fingerprint density at radius 1 is 1.52 bits per heavy atom. The maximum atomic E-state index is 13.2. The summed E-state index contributed by atoms with van der Waals surface area (Å²) in [5.41, 5.74) is 5.51. The first-order valence-electron chi connectivity index (χ1n) is 6.95. The fraction of sp³-hybridized carbons (Fsp3) is 0.571. The molecule has 5 nitrogen and oxygen atoms in total. The van der Waals surface area contributed by atoms with Crippen LogP contribution in [0.2, 0.25) is 0 Å². The summed E-state index contributed by atoms with van der Waals surface area (Å²) in [4.78, 5) is 11.9. The van der Waals surface area contributed by atoms with Crippen molar-refractivity contribution >= 4 is 11.4 Å². The first-order valence-corrected chi connectivity index (χ1v) is 6.95. The van der Waals surface area contributed by atoms with Crippen molar-refractivity contribution in [2.45, 2.75) is 19.8 Å². The topological polar surface area (TPSA) is 72.4 Å². The van der Waals surface area contributed by atoms with Gasteiger partial charge in [0.2, 0.25) is 0 Å². The van der Waals surface area contributed by atoms with Gasteiger partial charge in [0, 0.05) is 36.5 Å². The van der Waals surface area contributed by atoms with E-state index in [9.17, 15) is 18.9 Å². The highest BCUT2D eigenvalue weighted by Gasteiger charge is 2.28. The number of nitro benzene ring substituents is 1. The minimum absolute atomic E-state index is 0.250. The molecule has 2 rings (SSSR count). The Labute approximate surface area is 121 Å². The van der Waals surface area contributed by atoms with E-state index in [4.69, 9.17) is 5.73 Å². The zero-order chi connectivity index (χ0) is 15.6. The number of non-ortho nitro benzene ring substituents is 1. The fourth-order valence-electron chi connectivity index (χ4n) is 2.79. The fourth-order valence-corrected chi connectivity index (χ4v) is 2.79. The number of nitrogens with two attached hydrogens (primary N) is 1. The van der Waals surface area contributed by atoms with Gasteiger partial charge < -0.3 is 10.6 Å². The lowest BCUT2D eigenvalue weighted by Gasteiger charge is -2.38. The molecule has 1 aliphatic heterocycles. The molecular formula is C14H19F2N3O2. The van der Waals surface area contributed by atoms with Crippen LogP contribution >= 0.6 is 0 Å². The number of hydrogen-bond acceptors (Lipinski definition) is 4. The minimum Gasteiger partial charge on any atom is -0.371 e. The lowest BCUT2D eigenvalue weighted by atomic mass is 9.86. The largest absolute Gasteiger partial charge is 0.371 e. The average molecular weight is 299 g/mol. The molecule has 0 radical (unpaired) electrons. The van der Waals surface area contributed by atoms with Crippen molar-refractivity contribution < 1.29 is 13.7 Å². The van der Waals surface area contributed by atoms with Crippen molar-refractivity contribution in [3.63, 3.8) is 0 Å². The van der Waals surface area contributed by atoms with Crippen LogP contribution in [0, 0.1) is 22.0 Å². The van der Waals surface area contributed by atoms with E-state index >= 15 is 0 Å². The zero-order valence-electron chi connectivity index (χ0n) is 11.8. The third-order valence-corrected chi connectivity index (χ3v) is 4.21. The second-order valence-corrected chi connectivity index (χ2v) is 5.51. The number of rotatable bonds is 4. The van der Waals surface area contributed by atoms with Crippen LogP contribution in [0.4, 0.5) is 20.2 Å². The van der Waals surface area contributed by atoms with Crippen molar-refractivity contribution in [3.8, 4) is 0 Å². The van der Waals surface area contributed by atoms with Gasteiger partial charge in [-0.05, 0) is 30.9 Å². The molecule has 1 aliphatic rings. The van der Waals surface area contributed by atoms with Crippen LogP contribution in [0.1, 0.15) is 25.3 Å². The van der Waals surface area contributed by atoms with Crippen molar-refractivity contribution in [3.05, 3.63) is 33.9 Å². The molecule has 1 aromatic rings. The summed E-state index contributed by atoms with van der Waals surface area (Å²) in [5, 5.41) is 10.7. The van der Waals surface area contributed by atoms with E-state index in [1.54, 1.807) is 0 Å². The quantitative estimate of drug-likeness (QED) is 0.685. The highest BCUT2D eigenvalue weighted by Crippen LogP contribution is 2.35. The highest BCUT2D eigenvalue weighted by atomic mass is 19.3. The second-order valence-electron chi connectivity index (χ2n) is 5.51. The molecule has 0 spiro atoms. The maximum absolute atomic E-state index is 13.2. The number of nitro groups is 1. The summed E-state index contributed by atoms with van der Waals surface area (Å²) in [5.74, 6) is 0.707. The molecule has 2 N–H and O–H groups in total. The molecule has 0 aliphatic carbocycles. The Morgan fingerprint density at radius 2 is 2.24 bits per heavy atom. The highest BCUT2D eigenvalue weighted by molar-refractivity contribution is 5.58. The van der Waals surface area contributed by atoms with Gasteiger partial charge in [0.15, 0.2) is 0 Å². The van der Waals surface area contributed by atoms with Crippen LogP contribution < -0.4 is 10.6 Å². The predicted molar refractivity (Wildman–Crippen MR) is 76.6 cm³/mol. The first-order chi connectivity index (χ1) is 9.93. The van der Waals surface area contributed by atoms with Crippen LogP contribution in [-0.4, -0.2) is 24.6 Å². The van der Waals surface area contributed by atoms with Gasteiger partial charge >= 0.3 is 0 Å². The molecule has 1 saturated heterocycles. The molecule has 7 heteroatoms. The van der Waals surface area contributed by atoms with E-state index in [0.717, 1.165) is 12.5 Å². The van der Waals surface area contributed by atoms with Gasteiger partial charge in [0.1, 0.15) is 0 Å². The third-order valence-electron chi connectivity index (χ3n) is 4.21. The van der Waals surface area contributed by atoms with Crippen LogP contribution in [0.5, 0.6) is 0 Å². The Balaban J connectivity index is 2.32. The average Bonchev–Trinajstić information content (AvgIpc) is 2.47. The third kappa shape index (κ3) is 3.29. The van der Waals surface area contributed by atoms with E-state index in [-0.39, 0.29) is 17.2 Å². The van der Waals surface area contributed by atoms with Gasteiger partial charge in [-0.2, -0.15) is 0 Å². The monoisotopic (exact) mass is 299 g/mol. The Kier molecular flexibility index (Phi) is 4.72. The Hall–Kier alpha value is -1.76. The number of halogens is 2. The van der Waals surface area contributed by atoms with Crippen molar-refractivity contribution in [1.82, 2.24) is 0 Å². The molecule has 1 fully saturated rings.